The third-order valence-corrected chi connectivity index (χ3v) is 16.1. The second-order valence-corrected chi connectivity index (χ2v) is 21.9. The Morgan fingerprint density at radius 2 is 1.47 bits per heavy atom. The minimum Gasteiger partial charge on any atom is -0.464 e. The molecule has 5 rings (SSSR count). The predicted molar refractivity (Wildman–Crippen MR) is 232 cm³/mol. The summed E-state index contributed by atoms with van der Waals surface area (Å²) in [6, 6.07) is 23.2. The van der Waals surface area contributed by atoms with Crippen LogP contribution in [0.4, 0.5) is 5.82 Å². The van der Waals surface area contributed by atoms with E-state index < -0.39 is 32.0 Å². The Hall–Kier alpha value is -4.10. The van der Waals surface area contributed by atoms with E-state index in [2.05, 4.69) is 105 Å². The average Bonchev–Trinajstić information content (AvgIpc) is 3.60. The molecule has 0 bridgehead atoms. The molecule has 2 aromatic heterocycles. The van der Waals surface area contributed by atoms with Crippen molar-refractivity contribution in [2.45, 2.75) is 137 Å². The van der Waals surface area contributed by atoms with E-state index in [1.165, 1.54) is 10.4 Å². The molecule has 316 valence electrons. The van der Waals surface area contributed by atoms with Crippen molar-refractivity contribution in [3.8, 4) is 0 Å². The molecule has 2 aromatic carbocycles. The Bertz CT molecular complexity index is 1930. The summed E-state index contributed by atoms with van der Waals surface area (Å²) in [6.45, 7) is 24.8. The van der Waals surface area contributed by atoms with Crippen LogP contribution in [-0.2, 0) is 28.2 Å². The Labute approximate surface area is 346 Å². The van der Waals surface area contributed by atoms with Gasteiger partial charge in [-0.3, -0.25) is 0 Å². The number of hydrogen-bond acceptors (Lipinski definition) is 10. The largest absolute Gasteiger partial charge is 0.464 e. The highest BCUT2D eigenvalue weighted by Crippen LogP contribution is 2.40. The molecule has 1 fully saturated rings. The van der Waals surface area contributed by atoms with Crippen LogP contribution in [0.25, 0.3) is 5.65 Å². The molecule has 12 heteroatoms. The number of rotatable bonds is 17. The number of piperidine rings is 1. The second-order valence-electron chi connectivity index (χ2n) is 17.7. The van der Waals surface area contributed by atoms with Gasteiger partial charge in [-0.15, -0.1) is 0 Å². The fourth-order valence-corrected chi connectivity index (χ4v) is 12.8. The minimum atomic E-state index is -2.62. The van der Waals surface area contributed by atoms with Crippen molar-refractivity contribution >= 4 is 42.1 Å². The Kier molecular flexibility index (Phi) is 14.6. The molecule has 0 aliphatic carbocycles. The number of esters is 2. The summed E-state index contributed by atoms with van der Waals surface area (Å²) < 4.78 is 32.8. The number of carbonyl (C=O) groups excluding carboxylic acids is 2. The van der Waals surface area contributed by atoms with Crippen LogP contribution in [0.3, 0.4) is 0 Å². The summed E-state index contributed by atoms with van der Waals surface area (Å²) in [5, 5.41) is 7.19. The van der Waals surface area contributed by atoms with E-state index in [4.69, 9.17) is 28.4 Å². The molecule has 2 atom stereocenters. The lowest BCUT2D eigenvalue weighted by molar-refractivity contribution is -0.166. The zero-order valence-electron chi connectivity index (χ0n) is 36.7. The fourth-order valence-electron chi connectivity index (χ4n) is 8.07. The van der Waals surface area contributed by atoms with Crippen molar-refractivity contribution in [1.82, 2.24) is 14.6 Å². The third kappa shape index (κ3) is 10.4. The maximum atomic E-state index is 13.6. The Balaban J connectivity index is 1.29. The molecule has 4 aromatic rings. The molecule has 0 amide bonds. The first kappa shape index (κ1) is 45.0. The van der Waals surface area contributed by atoms with E-state index >= 15 is 0 Å². The van der Waals surface area contributed by atoms with Crippen molar-refractivity contribution in [3.63, 3.8) is 0 Å². The lowest BCUT2D eigenvalue weighted by Gasteiger charge is -2.44. The van der Waals surface area contributed by atoms with Gasteiger partial charge in [0, 0.05) is 37.6 Å². The zero-order chi connectivity index (χ0) is 42.3. The summed E-state index contributed by atoms with van der Waals surface area (Å²) in [7, 11) is -2.62. The second kappa shape index (κ2) is 18.9. The van der Waals surface area contributed by atoms with Crippen LogP contribution >= 0.6 is 0 Å². The number of anilines is 1. The van der Waals surface area contributed by atoms with Gasteiger partial charge >= 0.3 is 11.9 Å². The number of benzene rings is 2. The molecule has 3 heterocycles. The Morgan fingerprint density at radius 1 is 0.879 bits per heavy atom. The normalized spacial score (nSPS) is 15.9. The van der Waals surface area contributed by atoms with E-state index in [1.54, 1.807) is 24.4 Å². The van der Waals surface area contributed by atoms with E-state index in [9.17, 15) is 9.59 Å². The molecule has 1 aliphatic rings. The van der Waals surface area contributed by atoms with Crippen molar-refractivity contribution in [2.24, 2.45) is 0 Å². The number of carbonyl (C=O) groups is 2. The van der Waals surface area contributed by atoms with Gasteiger partial charge in [0.15, 0.2) is 17.4 Å². The van der Waals surface area contributed by atoms with E-state index in [1.807, 2.05) is 27.7 Å². The summed E-state index contributed by atoms with van der Waals surface area (Å²) in [5.74, 6) is -0.385. The molecule has 1 unspecified atom stereocenters. The van der Waals surface area contributed by atoms with Crippen molar-refractivity contribution in [3.05, 3.63) is 83.7 Å². The van der Waals surface area contributed by atoms with Gasteiger partial charge in [0.1, 0.15) is 5.82 Å². The number of hydrogen-bond donors (Lipinski definition) is 0. The molecular weight excluding hydrogens is 749 g/mol. The van der Waals surface area contributed by atoms with Gasteiger partial charge in [-0.05, 0) is 103 Å². The highest BCUT2D eigenvalue weighted by atomic mass is 28.4. The maximum Gasteiger partial charge on any atom is 0.358 e. The van der Waals surface area contributed by atoms with Crippen LogP contribution in [0.1, 0.15) is 129 Å². The first-order chi connectivity index (χ1) is 27.4. The lowest BCUT2D eigenvalue weighted by Crippen LogP contribution is -2.67. The molecule has 1 saturated heterocycles. The quantitative estimate of drug-likeness (QED) is 0.0588. The van der Waals surface area contributed by atoms with Gasteiger partial charge in [-0.25, -0.2) is 14.6 Å². The van der Waals surface area contributed by atoms with Gasteiger partial charge in [-0.2, -0.15) is 9.61 Å². The van der Waals surface area contributed by atoms with Gasteiger partial charge in [0.25, 0.3) is 8.32 Å². The van der Waals surface area contributed by atoms with Crippen LogP contribution in [0.2, 0.25) is 5.04 Å². The van der Waals surface area contributed by atoms with Crippen molar-refractivity contribution in [2.75, 3.05) is 37.8 Å². The smallest absolute Gasteiger partial charge is 0.358 e. The van der Waals surface area contributed by atoms with E-state index in [-0.39, 0.29) is 35.7 Å². The number of ether oxygens (including phenoxy) is 4. The van der Waals surface area contributed by atoms with Crippen LogP contribution in [-0.4, -0.2) is 85.1 Å². The summed E-state index contributed by atoms with van der Waals surface area (Å²) in [6.07, 6.45) is 3.37. The molecule has 1 aliphatic heterocycles. The number of aryl methyl sites for hydroxylation is 1. The van der Waals surface area contributed by atoms with E-state index in [0.717, 1.165) is 32.1 Å². The van der Waals surface area contributed by atoms with Crippen LogP contribution in [0.5, 0.6) is 0 Å². The summed E-state index contributed by atoms with van der Waals surface area (Å²) >= 11 is 0. The van der Waals surface area contributed by atoms with Gasteiger partial charge in [0.2, 0.25) is 0 Å². The van der Waals surface area contributed by atoms with Crippen LogP contribution in [0.15, 0.2) is 66.7 Å². The number of nitrogens with zero attached hydrogens (tertiary/aromatic N) is 4. The third-order valence-electron chi connectivity index (χ3n) is 10.9. The standard InChI is InChI=1S/C46H66N4O7Si/c1-12-53-42(51)37-32-38-47-34(4)39(40(43(52)54-13-2)56-44(5,6)7)41(50(38)48-37)49-29-27-46(11,28-30-49)55-31-21-20-22-33(3)57-58(45(8,9)10,35-23-16-14-17-24-35)36-25-18-15-19-26-36/h14-19,23-26,32-33,40H,12-13,20-22,27-31H2,1-11H3/t33?,40-/m0/s1. The van der Waals surface area contributed by atoms with Crippen molar-refractivity contribution < 1.29 is 33.0 Å². The molecule has 11 nitrogen and oxygen atoms in total. The average molecular weight is 815 g/mol. The molecular formula is C46H66N4O7Si. The minimum absolute atomic E-state index is 0.0715. The Morgan fingerprint density at radius 3 is 2.00 bits per heavy atom. The molecule has 58 heavy (non-hydrogen) atoms. The van der Waals surface area contributed by atoms with Crippen molar-refractivity contribution in [1.29, 1.82) is 0 Å². The topological polar surface area (TPSA) is 114 Å². The summed E-state index contributed by atoms with van der Waals surface area (Å²) in [4.78, 5) is 33.4. The van der Waals surface area contributed by atoms with Crippen LogP contribution in [0, 0.1) is 6.92 Å². The fraction of sp³-hybridized carbons (Fsp3) is 0.565. The van der Waals surface area contributed by atoms with Gasteiger partial charge in [0.05, 0.1) is 30.0 Å². The van der Waals surface area contributed by atoms with E-state index in [0.29, 0.717) is 42.4 Å². The predicted octanol–water partition coefficient (Wildman–Crippen LogP) is 8.14. The highest BCUT2D eigenvalue weighted by Gasteiger charge is 2.51. The molecule has 0 N–H and O–H groups in total. The zero-order valence-corrected chi connectivity index (χ0v) is 37.7. The van der Waals surface area contributed by atoms with Gasteiger partial charge in [-0.1, -0.05) is 81.4 Å². The van der Waals surface area contributed by atoms with Gasteiger partial charge < -0.3 is 28.3 Å². The molecule has 0 radical (unpaired) electrons. The highest BCUT2D eigenvalue weighted by molar-refractivity contribution is 6.99. The monoisotopic (exact) mass is 814 g/mol. The SMILES string of the molecule is CCOC(=O)c1cc2nc(C)c([C@H](OC(C)(C)C)C(=O)OCC)c(N3CCC(C)(OCCCCC(C)O[Si](c4ccccc4)(c4ccccc4)C(C)(C)C)CC3)n2n1. The molecule has 0 spiro atoms. The number of aromatic nitrogens is 3. The maximum absolute atomic E-state index is 13.6. The molecule has 0 saturated carbocycles. The first-order valence-corrected chi connectivity index (χ1v) is 22.9. The first-order valence-electron chi connectivity index (χ1n) is 21.0. The number of unbranched alkanes of at least 4 members (excludes halogenated alkanes) is 1. The lowest BCUT2D eigenvalue weighted by atomic mass is 9.92. The summed E-state index contributed by atoms with van der Waals surface area (Å²) in [5.41, 5.74) is 0.785. The number of fused-ring (bicyclic) bond motifs is 1. The van der Waals surface area contributed by atoms with Crippen LogP contribution < -0.4 is 15.3 Å².